The van der Waals surface area contributed by atoms with Crippen molar-refractivity contribution in [2.24, 2.45) is 0 Å². The Bertz CT molecular complexity index is 591. The van der Waals surface area contributed by atoms with Crippen LogP contribution in [0, 0.1) is 24.4 Å². The minimum Gasteiger partial charge on any atom is -0.399 e. The molecule has 2 N–H and O–H groups in total. The summed E-state index contributed by atoms with van der Waals surface area (Å²) in [5.41, 5.74) is 6.97. The van der Waals surface area contributed by atoms with E-state index in [1.54, 1.807) is 6.07 Å². The number of nitrogen functional groups attached to an aromatic ring is 1. The zero-order valence-electron chi connectivity index (χ0n) is 10.2. The zero-order chi connectivity index (χ0) is 14.0. The van der Waals surface area contributed by atoms with Crippen molar-refractivity contribution in [2.45, 2.75) is 17.6 Å². The van der Waals surface area contributed by atoms with Gasteiger partial charge in [-0.3, -0.25) is 0 Å². The van der Waals surface area contributed by atoms with Gasteiger partial charge in [0, 0.05) is 11.4 Å². The molecule has 2 aromatic rings. The molecule has 1 nitrogen and oxygen atoms in total. The molecular weight excluding hydrogens is 271 g/mol. The maximum Gasteiger partial charge on any atom is 0.141 e. The lowest BCUT2D eigenvalue weighted by Crippen LogP contribution is -1.94. The van der Waals surface area contributed by atoms with Gasteiger partial charge in [-0.05, 0) is 42.3 Å². The lowest BCUT2D eigenvalue weighted by atomic mass is 10.1. The molecule has 0 aliphatic carbocycles. The summed E-state index contributed by atoms with van der Waals surface area (Å²) in [5, 5.41) is 0. The van der Waals surface area contributed by atoms with E-state index in [0.29, 0.717) is 11.3 Å². The number of thioether (sulfide) groups is 1. The van der Waals surface area contributed by atoms with Crippen LogP contribution in [0.4, 0.5) is 18.9 Å². The average Bonchev–Trinajstić information content (AvgIpc) is 2.32. The Morgan fingerprint density at radius 3 is 2.32 bits per heavy atom. The number of rotatable bonds is 3. The van der Waals surface area contributed by atoms with E-state index in [-0.39, 0.29) is 16.4 Å². The second-order valence-electron chi connectivity index (χ2n) is 4.17. The summed E-state index contributed by atoms with van der Waals surface area (Å²) in [6, 6.07) is 6.51. The van der Waals surface area contributed by atoms with Crippen molar-refractivity contribution in [1.29, 1.82) is 0 Å². The van der Waals surface area contributed by atoms with Gasteiger partial charge in [0.2, 0.25) is 0 Å². The fourth-order valence-electron chi connectivity index (χ4n) is 1.66. The molecule has 2 aromatic carbocycles. The Morgan fingerprint density at radius 2 is 1.68 bits per heavy atom. The van der Waals surface area contributed by atoms with Crippen LogP contribution in [0.5, 0.6) is 0 Å². The second-order valence-corrected chi connectivity index (χ2v) is 5.16. The number of hydrogen-bond acceptors (Lipinski definition) is 2. The van der Waals surface area contributed by atoms with Crippen LogP contribution >= 0.6 is 11.8 Å². The third-order valence-electron chi connectivity index (χ3n) is 2.70. The fourth-order valence-corrected chi connectivity index (χ4v) is 2.67. The molecule has 0 heterocycles. The first-order chi connectivity index (χ1) is 8.97. The first-order valence-corrected chi connectivity index (χ1v) is 6.58. The summed E-state index contributed by atoms with van der Waals surface area (Å²) in [5.74, 6) is -1.46. The second kappa shape index (κ2) is 5.57. The lowest BCUT2D eigenvalue weighted by molar-refractivity contribution is 0.542. The molecule has 0 aromatic heterocycles. The quantitative estimate of drug-likeness (QED) is 0.672. The smallest absolute Gasteiger partial charge is 0.141 e. The number of aryl methyl sites for hydroxylation is 1. The lowest BCUT2D eigenvalue weighted by Gasteiger charge is -2.08. The van der Waals surface area contributed by atoms with Gasteiger partial charge in [-0.1, -0.05) is 6.07 Å². The summed E-state index contributed by atoms with van der Waals surface area (Å²) in [7, 11) is 0. The van der Waals surface area contributed by atoms with Gasteiger partial charge in [0.1, 0.15) is 17.5 Å². The third kappa shape index (κ3) is 3.23. The number of halogens is 3. The van der Waals surface area contributed by atoms with E-state index in [0.717, 1.165) is 29.5 Å². The molecule has 0 bridgehead atoms. The highest BCUT2D eigenvalue weighted by atomic mass is 32.2. The van der Waals surface area contributed by atoms with E-state index in [1.807, 2.05) is 6.92 Å². The normalized spacial score (nSPS) is 10.7. The minimum absolute atomic E-state index is 0.0429. The molecule has 0 aliphatic rings. The summed E-state index contributed by atoms with van der Waals surface area (Å²) < 4.78 is 40.3. The van der Waals surface area contributed by atoms with Gasteiger partial charge < -0.3 is 5.73 Å². The number of hydrogen-bond donors (Lipinski definition) is 1. The molecule has 19 heavy (non-hydrogen) atoms. The molecule has 5 heteroatoms. The van der Waals surface area contributed by atoms with Gasteiger partial charge in [-0.2, -0.15) is 0 Å². The summed E-state index contributed by atoms with van der Waals surface area (Å²) in [4.78, 5) is -0.0992. The largest absolute Gasteiger partial charge is 0.399 e. The highest BCUT2D eigenvalue weighted by Gasteiger charge is 2.12. The van der Waals surface area contributed by atoms with E-state index < -0.39 is 11.6 Å². The first kappa shape index (κ1) is 13.8. The Morgan fingerprint density at radius 1 is 1.05 bits per heavy atom. The standard InChI is InChI=1S/C14H12F3NS/c1-8-2-3-10(15)4-9(8)7-19-14-12(16)5-11(18)6-13(14)17/h2-6H,7,18H2,1H3. The molecule has 0 radical (unpaired) electrons. The maximum atomic E-state index is 13.6. The van der Waals surface area contributed by atoms with Crippen molar-refractivity contribution < 1.29 is 13.2 Å². The van der Waals surface area contributed by atoms with Gasteiger partial charge in [0.15, 0.2) is 0 Å². The molecule has 100 valence electrons. The Hall–Kier alpha value is -1.62. The molecule has 0 fully saturated rings. The molecule has 0 saturated heterocycles. The number of anilines is 1. The Balaban J connectivity index is 2.21. The third-order valence-corrected chi connectivity index (χ3v) is 3.84. The van der Waals surface area contributed by atoms with E-state index in [2.05, 4.69) is 0 Å². The highest BCUT2D eigenvalue weighted by molar-refractivity contribution is 7.98. The van der Waals surface area contributed by atoms with Crippen LogP contribution in [0.1, 0.15) is 11.1 Å². The van der Waals surface area contributed by atoms with Crippen molar-refractivity contribution >= 4 is 17.4 Å². The van der Waals surface area contributed by atoms with E-state index >= 15 is 0 Å². The van der Waals surface area contributed by atoms with E-state index in [1.165, 1.54) is 12.1 Å². The van der Waals surface area contributed by atoms with Crippen LogP contribution in [0.15, 0.2) is 35.2 Å². The zero-order valence-corrected chi connectivity index (χ0v) is 11.0. The van der Waals surface area contributed by atoms with Crippen LogP contribution in [-0.2, 0) is 5.75 Å². The predicted octanol–water partition coefficient (Wildman–Crippen LogP) is 4.29. The molecule has 0 aliphatic heterocycles. The van der Waals surface area contributed by atoms with Gasteiger partial charge in [-0.25, -0.2) is 13.2 Å². The summed E-state index contributed by atoms with van der Waals surface area (Å²) >= 11 is 0.986. The molecule has 2 rings (SSSR count). The average molecular weight is 283 g/mol. The Kier molecular flexibility index (Phi) is 4.04. The van der Waals surface area contributed by atoms with Crippen LogP contribution < -0.4 is 5.73 Å². The topological polar surface area (TPSA) is 26.0 Å². The first-order valence-electron chi connectivity index (χ1n) is 5.59. The molecular formula is C14H12F3NS. The fraction of sp³-hybridized carbons (Fsp3) is 0.143. The maximum absolute atomic E-state index is 13.6. The van der Waals surface area contributed by atoms with E-state index in [9.17, 15) is 13.2 Å². The summed E-state index contributed by atoms with van der Waals surface area (Å²) in [6.07, 6.45) is 0. The van der Waals surface area contributed by atoms with Crippen LogP contribution in [0.3, 0.4) is 0 Å². The van der Waals surface area contributed by atoms with Crippen molar-refractivity contribution in [3.63, 3.8) is 0 Å². The minimum atomic E-state index is -0.698. The van der Waals surface area contributed by atoms with Crippen molar-refractivity contribution in [3.05, 3.63) is 58.9 Å². The number of nitrogens with two attached hydrogens (primary N) is 1. The predicted molar refractivity (Wildman–Crippen MR) is 71.5 cm³/mol. The number of benzene rings is 2. The van der Waals surface area contributed by atoms with Crippen LogP contribution in [0.25, 0.3) is 0 Å². The molecule has 0 spiro atoms. The van der Waals surface area contributed by atoms with Crippen molar-refractivity contribution in [2.75, 3.05) is 5.73 Å². The van der Waals surface area contributed by atoms with E-state index in [4.69, 9.17) is 5.73 Å². The molecule has 0 unspecified atom stereocenters. The van der Waals surface area contributed by atoms with Crippen LogP contribution in [-0.4, -0.2) is 0 Å². The Labute approximate surface area is 113 Å². The van der Waals surface area contributed by atoms with Gasteiger partial charge >= 0.3 is 0 Å². The summed E-state index contributed by atoms with van der Waals surface area (Å²) in [6.45, 7) is 1.82. The van der Waals surface area contributed by atoms with Crippen molar-refractivity contribution in [1.82, 2.24) is 0 Å². The molecule has 0 atom stereocenters. The van der Waals surface area contributed by atoms with Crippen LogP contribution in [0.2, 0.25) is 0 Å². The van der Waals surface area contributed by atoms with Gasteiger partial charge in [0.05, 0.1) is 4.90 Å². The van der Waals surface area contributed by atoms with Gasteiger partial charge in [-0.15, -0.1) is 11.8 Å². The highest BCUT2D eigenvalue weighted by Crippen LogP contribution is 2.30. The van der Waals surface area contributed by atoms with Gasteiger partial charge in [0.25, 0.3) is 0 Å². The van der Waals surface area contributed by atoms with Crippen molar-refractivity contribution in [3.8, 4) is 0 Å². The monoisotopic (exact) mass is 283 g/mol. The molecule has 0 saturated carbocycles. The molecule has 0 amide bonds. The SMILES string of the molecule is Cc1ccc(F)cc1CSc1c(F)cc(N)cc1F.